The van der Waals surface area contributed by atoms with Gasteiger partial charge in [-0.1, -0.05) is 35.1 Å². The Morgan fingerprint density at radius 1 is 1.10 bits per heavy atom. The van der Waals surface area contributed by atoms with Gasteiger partial charge in [0.25, 0.3) is 5.91 Å². The van der Waals surface area contributed by atoms with E-state index < -0.39 is 0 Å². The third-order valence-electron chi connectivity index (χ3n) is 4.63. The van der Waals surface area contributed by atoms with Crippen LogP contribution < -0.4 is 10.1 Å². The van der Waals surface area contributed by atoms with Crippen LogP contribution in [-0.2, 0) is 0 Å². The molecular weight excluding hydrogens is 420 g/mol. The molecule has 3 heterocycles. The number of nitrogens with zero attached hydrogens (tertiary/aromatic N) is 3. The van der Waals surface area contributed by atoms with Gasteiger partial charge in [0.2, 0.25) is 0 Å². The van der Waals surface area contributed by atoms with Crippen LogP contribution in [0.4, 0.5) is 0 Å². The highest BCUT2D eigenvalue weighted by Gasteiger charge is 2.12. The van der Waals surface area contributed by atoms with E-state index in [1.807, 2.05) is 48.7 Å². The predicted molar refractivity (Wildman–Crippen MR) is 119 cm³/mol. The predicted octanol–water partition coefficient (Wildman–Crippen LogP) is 5.42. The number of ether oxygens (including phenoxy) is 1. The first kappa shape index (κ1) is 18.6. The van der Waals surface area contributed by atoms with E-state index in [1.54, 1.807) is 36.7 Å². The van der Waals surface area contributed by atoms with Gasteiger partial charge in [-0.05, 0) is 30.3 Å². The Balaban J connectivity index is 1.46. The van der Waals surface area contributed by atoms with Crippen LogP contribution in [0.3, 0.4) is 0 Å². The molecule has 0 atom stereocenters. The summed E-state index contributed by atoms with van der Waals surface area (Å²) >= 11 is 7.57. The number of carbonyl (C=O) groups excluding carboxylic acids is 1. The third kappa shape index (κ3) is 3.38. The summed E-state index contributed by atoms with van der Waals surface area (Å²) in [6, 6.07) is 16.9. The van der Waals surface area contributed by atoms with Crippen molar-refractivity contribution in [2.75, 3.05) is 7.05 Å². The monoisotopic (exact) mass is 434 g/mol. The molecule has 0 aliphatic carbocycles. The molecule has 1 amide bonds. The first-order chi connectivity index (χ1) is 14.6. The molecule has 5 aromatic rings. The quantitative estimate of drug-likeness (QED) is 0.410. The Kier molecular flexibility index (Phi) is 4.61. The molecule has 0 spiro atoms. The molecule has 2 aromatic carbocycles. The lowest BCUT2D eigenvalue weighted by Crippen LogP contribution is -2.18. The van der Waals surface area contributed by atoms with Crippen molar-refractivity contribution in [1.29, 1.82) is 0 Å². The van der Waals surface area contributed by atoms with Gasteiger partial charge in [0.15, 0.2) is 4.96 Å². The number of aromatic nitrogens is 3. The second kappa shape index (κ2) is 7.44. The average molecular weight is 435 g/mol. The van der Waals surface area contributed by atoms with Crippen LogP contribution in [0, 0.1) is 0 Å². The van der Waals surface area contributed by atoms with Crippen LogP contribution in [0.2, 0.25) is 5.02 Å². The maximum atomic E-state index is 11.8. The standard InChI is InChI=1S/C22H15ClN4O2S/c1-24-21(28)17-10-16(8-9-25-17)29-15-6-7-19-20(11-15)30-22-26-18(12-27(19)22)13-2-4-14(23)5-3-13/h2-12H,1H3,(H,24,28). The van der Waals surface area contributed by atoms with Gasteiger partial charge in [0.1, 0.15) is 17.2 Å². The van der Waals surface area contributed by atoms with Crippen molar-refractivity contribution in [3.05, 3.63) is 77.7 Å². The smallest absolute Gasteiger partial charge is 0.269 e. The van der Waals surface area contributed by atoms with Gasteiger partial charge in [-0.3, -0.25) is 14.2 Å². The highest BCUT2D eigenvalue weighted by atomic mass is 35.5. The summed E-state index contributed by atoms with van der Waals surface area (Å²) in [6.07, 6.45) is 3.58. The highest BCUT2D eigenvalue weighted by Crippen LogP contribution is 2.33. The van der Waals surface area contributed by atoms with E-state index in [0.29, 0.717) is 22.2 Å². The SMILES string of the molecule is CNC(=O)c1cc(Oc2ccc3c(c2)sc2nc(-c4ccc(Cl)cc4)cn23)ccn1. The first-order valence-electron chi connectivity index (χ1n) is 9.14. The number of benzene rings is 2. The van der Waals surface area contributed by atoms with Crippen LogP contribution in [0.25, 0.3) is 26.4 Å². The summed E-state index contributed by atoms with van der Waals surface area (Å²) in [6.45, 7) is 0. The fraction of sp³-hybridized carbons (Fsp3) is 0.0455. The van der Waals surface area contributed by atoms with E-state index >= 15 is 0 Å². The summed E-state index contributed by atoms with van der Waals surface area (Å²) in [4.78, 5) is 21.5. The summed E-state index contributed by atoms with van der Waals surface area (Å²) < 4.78 is 9.07. The number of halogens is 1. The molecule has 148 valence electrons. The van der Waals surface area contributed by atoms with Crippen LogP contribution in [0.15, 0.2) is 67.0 Å². The lowest BCUT2D eigenvalue weighted by atomic mass is 10.2. The number of thiazole rings is 1. The molecule has 0 aliphatic rings. The maximum Gasteiger partial charge on any atom is 0.269 e. The van der Waals surface area contributed by atoms with E-state index in [-0.39, 0.29) is 5.91 Å². The molecule has 0 bridgehead atoms. The molecule has 8 heteroatoms. The molecular formula is C22H15ClN4O2S. The summed E-state index contributed by atoms with van der Waals surface area (Å²) in [5.74, 6) is 0.972. The molecule has 6 nitrogen and oxygen atoms in total. The Morgan fingerprint density at radius 2 is 1.90 bits per heavy atom. The molecule has 0 saturated heterocycles. The van der Waals surface area contributed by atoms with Crippen molar-refractivity contribution in [3.8, 4) is 22.8 Å². The molecule has 0 aliphatic heterocycles. The van der Waals surface area contributed by atoms with E-state index in [2.05, 4.69) is 14.7 Å². The van der Waals surface area contributed by atoms with E-state index in [1.165, 1.54) is 0 Å². The molecule has 0 fully saturated rings. The lowest BCUT2D eigenvalue weighted by molar-refractivity contribution is 0.0958. The minimum absolute atomic E-state index is 0.258. The number of carbonyl (C=O) groups is 1. The Bertz CT molecular complexity index is 1390. The van der Waals surface area contributed by atoms with Crippen molar-refractivity contribution in [3.63, 3.8) is 0 Å². The number of imidazole rings is 1. The van der Waals surface area contributed by atoms with Crippen molar-refractivity contribution in [2.45, 2.75) is 0 Å². The van der Waals surface area contributed by atoms with Crippen LogP contribution in [0.1, 0.15) is 10.5 Å². The van der Waals surface area contributed by atoms with Gasteiger partial charge >= 0.3 is 0 Å². The number of fused-ring (bicyclic) bond motifs is 3. The van der Waals surface area contributed by atoms with Crippen molar-refractivity contribution < 1.29 is 9.53 Å². The summed E-state index contributed by atoms with van der Waals surface area (Å²) in [5.41, 5.74) is 3.28. The zero-order chi connectivity index (χ0) is 20.7. The van der Waals surface area contributed by atoms with Crippen molar-refractivity contribution in [2.24, 2.45) is 0 Å². The van der Waals surface area contributed by atoms with Crippen LogP contribution >= 0.6 is 22.9 Å². The minimum Gasteiger partial charge on any atom is -0.457 e. The Morgan fingerprint density at radius 3 is 2.70 bits per heavy atom. The van der Waals surface area contributed by atoms with Gasteiger partial charge in [-0.15, -0.1) is 0 Å². The molecule has 1 N–H and O–H groups in total. The minimum atomic E-state index is -0.258. The molecule has 30 heavy (non-hydrogen) atoms. The number of amides is 1. The lowest BCUT2D eigenvalue weighted by Gasteiger charge is -2.07. The van der Waals surface area contributed by atoms with Crippen LogP contribution in [-0.4, -0.2) is 27.3 Å². The second-order valence-corrected chi connectivity index (χ2v) is 8.02. The fourth-order valence-corrected chi connectivity index (χ4v) is 4.33. The number of rotatable bonds is 4. The zero-order valence-electron chi connectivity index (χ0n) is 15.8. The molecule has 5 rings (SSSR count). The number of pyridine rings is 1. The van der Waals surface area contributed by atoms with E-state index in [0.717, 1.165) is 26.4 Å². The highest BCUT2D eigenvalue weighted by molar-refractivity contribution is 7.23. The first-order valence-corrected chi connectivity index (χ1v) is 10.3. The third-order valence-corrected chi connectivity index (χ3v) is 5.90. The van der Waals surface area contributed by atoms with Gasteiger partial charge in [0.05, 0.1) is 15.9 Å². The van der Waals surface area contributed by atoms with E-state index in [4.69, 9.17) is 21.3 Å². The number of nitrogens with one attached hydrogen (secondary N) is 1. The average Bonchev–Trinajstić information content (AvgIpc) is 3.31. The normalized spacial score (nSPS) is 11.1. The van der Waals surface area contributed by atoms with E-state index in [9.17, 15) is 4.79 Å². The topological polar surface area (TPSA) is 68.5 Å². The van der Waals surface area contributed by atoms with Gasteiger partial charge < -0.3 is 10.1 Å². The van der Waals surface area contributed by atoms with Crippen molar-refractivity contribution >= 4 is 44.0 Å². The maximum absolute atomic E-state index is 11.8. The largest absolute Gasteiger partial charge is 0.457 e. The zero-order valence-corrected chi connectivity index (χ0v) is 17.4. The second-order valence-electron chi connectivity index (χ2n) is 6.58. The Labute approximate surface area is 180 Å². The van der Waals surface area contributed by atoms with Gasteiger partial charge in [0, 0.05) is 42.2 Å². The van der Waals surface area contributed by atoms with Crippen molar-refractivity contribution in [1.82, 2.24) is 19.7 Å². The van der Waals surface area contributed by atoms with Crippen LogP contribution in [0.5, 0.6) is 11.5 Å². The van der Waals surface area contributed by atoms with Gasteiger partial charge in [-0.2, -0.15) is 0 Å². The number of hydrogen-bond acceptors (Lipinski definition) is 5. The molecule has 0 radical (unpaired) electrons. The van der Waals surface area contributed by atoms with Gasteiger partial charge in [-0.25, -0.2) is 4.98 Å². The molecule has 0 saturated carbocycles. The molecule has 0 unspecified atom stereocenters. The fourth-order valence-electron chi connectivity index (χ4n) is 3.17. The summed E-state index contributed by atoms with van der Waals surface area (Å²) in [7, 11) is 1.57. The molecule has 3 aromatic heterocycles. The number of hydrogen-bond donors (Lipinski definition) is 1. The summed E-state index contributed by atoms with van der Waals surface area (Å²) in [5, 5.41) is 3.26. The Hall–Kier alpha value is -3.42.